The van der Waals surface area contributed by atoms with Crippen LogP contribution in [0, 0.1) is 6.92 Å². The maximum atomic E-state index is 9.34. The molecule has 2 rings (SSSR count). The van der Waals surface area contributed by atoms with E-state index in [2.05, 4.69) is 21.1 Å². The van der Waals surface area contributed by atoms with Crippen LogP contribution in [0.15, 0.2) is 33.3 Å². The largest absolute Gasteiger partial charge is 0.385 e. The minimum absolute atomic E-state index is 0.482. The Bertz CT molecular complexity index is 505. The number of hydrogen-bond acceptors (Lipinski definition) is 3. The van der Waals surface area contributed by atoms with Crippen molar-refractivity contribution < 1.29 is 9.63 Å². The number of aliphatic hydroxyl groups excluding tert-OH is 1. The molecule has 0 aliphatic carbocycles. The van der Waals surface area contributed by atoms with Gasteiger partial charge in [-0.25, -0.2) is 0 Å². The number of halogens is 1. The van der Waals surface area contributed by atoms with Gasteiger partial charge >= 0.3 is 0 Å². The van der Waals surface area contributed by atoms with Crippen LogP contribution in [0.3, 0.4) is 0 Å². The van der Waals surface area contributed by atoms with Crippen LogP contribution in [0.1, 0.15) is 24.4 Å². The highest BCUT2D eigenvalue weighted by Gasteiger charge is 2.10. The Morgan fingerprint density at radius 3 is 2.69 bits per heavy atom. The molecule has 0 radical (unpaired) electrons. The van der Waals surface area contributed by atoms with Gasteiger partial charge < -0.3 is 9.63 Å². The summed E-state index contributed by atoms with van der Waals surface area (Å²) in [4.78, 5) is 0. The van der Waals surface area contributed by atoms with Crippen molar-refractivity contribution in [3.63, 3.8) is 0 Å². The van der Waals surface area contributed by atoms with E-state index in [1.54, 1.807) is 13.0 Å². The van der Waals surface area contributed by atoms with Gasteiger partial charge in [-0.2, -0.15) is 0 Å². The fourth-order valence-electron chi connectivity index (χ4n) is 1.43. The van der Waals surface area contributed by atoms with Crippen LogP contribution in [0.5, 0.6) is 0 Å². The van der Waals surface area contributed by atoms with E-state index in [1.165, 1.54) is 0 Å². The van der Waals surface area contributed by atoms with Crippen molar-refractivity contribution in [2.24, 2.45) is 0 Å². The van der Waals surface area contributed by atoms with E-state index < -0.39 is 6.10 Å². The molecule has 0 saturated carbocycles. The predicted octanol–water partition coefficient (Wildman–Crippen LogP) is 3.47. The molecule has 4 heteroatoms. The van der Waals surface area contributed by atoms with E-state index in [9.17, 15) is 5.11 Å². The van der Waals surface area contributed by atoms with E-state index >= 15 is 0 Å². The highest BCUT2D eigenvalue weighted by Crippen LogP contribution is 2.26. The second-order valence-corrected chi connectivity index (χ2v) is 4.61. The molecule has 1 atom stereocenters. The first kappa shape index (κ1) is 11.4. The summed E-state index contributed by atoms with van der Waals surface area (Å²) < 4.78 is 6.10. The predicted molar refractivity (Wildman–Crippen MR) is 65.0 cm³/mol. The number of hydrogen-bond donors (Lipinski definition) is 1. The summed E-state index contributed by atoms with van der Waals surface area (Å²) in [5.41, 5.74) is 2.86. The van der Waals surface area contributed by atoms with Gasteiger partial charge in [-0.05, 0) is 31.5 Å². The molecule has 0 bridgehead atoms. The summed E-state index contributed by atoms with van der Waals surface area (Å²) in [7, 11) is 0. The minimum Gasteiger partial charge on any atom is -0.385 e. The molecule has 0 spiro atoms. The zero-order valence-corrected chi connectivity index (χ0v) is 10.7. The van der Waals surface area contributed by atoms with Crippen molar-refractivity contribution in [3.05, 3.63) is 40.1 Å². The summed E-state index contributed by atoms with van der Waals surface area (Å²) >= 11 is 3.45. The van der Waals surface area contributed by atoms with Crippen LogP contribution >= 0.6 is 15.9 Å². The number of aliphatic hydroxyl groups is 1. The number of aryl methyl sites for hydroxylation is 1. The summed E-state index contributed by atoms with van der Waals surface area (Å²) in [5.74, 6) is 0.482. The fraction of sp³-hybridized carbons (Fsp3) is 0.250. The van der Waals surface area contributed by atoms with Gasteiger partial charge in [-0.15, -0.1) is 0 Å². The molecule has 0 fully saturated rings. The van der Waals surface area contributed by atoms with Crippen molar-refractivity contribution in [2.75, 3.05) is 0 Å². The van der Waals surface area contributed by atoms with E-state index in [4.69, 9.17) is 4.52 Å². The maximum absolute atomic E-state index is 9.34. The SMILES string of the molecule is Cc1cc(-c2cc(C(C)O)on2)ccc1Br. The van der Waals surface area contributed by atoms with Crippen molar-refractivity contribution in [2.45, 2.75) is 20.0 Å². The Morgan fingerprint density at radius 1 is 1.38 bits per heavy atom. The third kappa shape index (κ3) is 2.18. The lowest BCUT2D eigenvalue weighted by molar-refractivity contribution is 0.158. The zero-order chi connectivity index (χ0) is 11.7. The van der Waals surface area contributed by atoms with Gasteiger partial charge in [-0.1, -0.05) is 27.2 Å². The first-order chi connectivity index (χ1) is 7.58. The lowest BCUT2D eigenvalue weighted by Crippen LogP contribution is -1.85. The summed E-state index contributed by atoms with van der Waals surface area (Å²) in [6.07, 6.45) is -0.627. The molecule has 1 heterocycles. The Labute approximate surface area is 102 Å². The Balaban J connectivity index is 2.39. The minimum atomic E-state index is -0.627. The van der Waals surface area contributed by atoms with E-state index in [0.29, 0.717) is 5.76 Å². The van der Waals surface area contributed by atoms with E-state index in [0.717, 1.165) is 21.3 Å². The van der Waals surface area contributed by atoms with Crippen LogP contribution in [0.2, 0.25) is 0 Å². The highest BCUT2D eigenvalue weighted by atomic mass is 79.9. The third-order valence-electron chi connectivity index (χ3n) is 2.39. The Morgan fingerprint density at radius 2 is 2.12 bits per heavy atom. The monoisotopic (exact) mass is 281 g/mol. The summed E-state index contributed by atoms with van der Waals surface area (Å²) in [6.45, 7) is 3.67. The lowest BCUT2D eigenvalue weighted by Gasteiger charge is -2.00. The first-order valence-electron chi connectivity index (χ1n) is 4.99. The molecular weight excluding hydrogens is 270 g/mol. The molecule has 1 N–H and O–H groups in total. The molecule has 3 nitrogen and oxygen atoms in total. The second kappa shape index (κ2) is 4.39. The molecule has 0 aliphatic rings. The van der Waals surface area contributed by atoms with Crippen LogP contribution in [-0.2, 0) is 0 Å². The molecule has 1 unspecified atom stereocenters. The van der Waals surface area contributed by atoms with Gasteiger partial charge in [0.15, 0.2) is 5.76 Å². The topological polar surface area (TPSA) is 46.3 Å². The smallest absolute Gasteiger partial charge is 0.165 e. The normalized spacial score (nSPS) is 12.8. The molecule has 0 saturated heterocycles. The molecule has 84 valence electrons. The quantitative estimate of drug-likeness (QED) is 0.917. The molecular formula is C12H12BrNO2. The van der Waals surface area contributed by atoms with Gasteiger partial charge in [0.2, 0.25) is 0 Å². The number of aromatic nitrogens is 1. The van der Waals surface area contributed by atoms with Gasteiger partial charge in [0.1, 0.15) is 11.8 Å². The lowest BCUT2D eigenvalue weighted by atomic mass is 10.1. The summed E-state index contributed by atoms with van der Waals surface area (Å²) in [5, 5.41) is 13.3. The van der Waals surface area contributed by atoms with Crippen molar-refractivity contribution in [1.82, 2.24) is 5.16 Å². The number of nitrogens with zero attached hydrogens (tertiary/aromatic N) is 1. The highest BCUT2D eigenvalue weighted by molar-refractivity contribution is 9.10. The molecule has 16 heavy (non-hydrogen) atoms. The second-order valence-electron chi connectivity index (χ2n) is 3.75. The van der Waals surface area contributed by atoms with Crippen LogP contribution in [0.4, 0.5) is 0 Å². The van der Waals surface area contributed by atoms with Crippen LogP contribution in [0.25, 0.3) is 11.3 Å². The molecule has 0 amide bonds. The Kier molecular flexibility index (Phi) is 3.12. The van der Waals surface area contributed by atoms with Gasteiger partial charge in [0, 0.05) is 16.1 Å². The standard InChI is InChI=1S/C12H12BrNO2/c1-7-5-9(3-4-10(7)13)11-6-12(8(2)15)16-14-11/h3-6,8,15H,1-2H3. The van der Waals surface area contributed by atoms with Crippen molar-refractivity contribution in [1.29, 1.82) is 0 Å². The number of rotatable bonds is 2. The van der Waals surface area contributed by atoms with Crippen molar-refractivity contribution in [3.8, 4) is 11.3 Å². The maximum Gasteiger partial charge on any atom is 0.165 e. The first-order valence-corrected chi connectivity index (χ1v) is 5.78. The Hall–Kier alpha value is -1.13. The molecule has 2 aromatic rings. The summed E-state index contributed by atoms with van der Waals surface area (Å²) in [6, 6.07) is 7.71. The van der Waals surface area contributed by atoms with E-state index in [-0.39, 0.29) is 0 Å². The van der Waals surface area contributed by atoms with Gasteiger partial charge in [0.25, 0.3) is 0 Å². The van der Waals surface area contributed by atoms with Gasteiger partial charge in [-0.3, -0.25) is 0 Å². The zero-order valence-electron chi connectivity index (χ0n) is 9.07. The molecule has 0 aliphatic heterocycles. The van der Waals surface area contributed by atoms with Crippen molar-refractivity contribution >= 4 is 15.9 Å². The van der Waals surface area contributed by atoms with E-state index in [1.807, 2.05) is 25.1 Å². The van der Waals surface area contributed by atoms with Gasteiger partial charge in [0.05, 0.1) is 0 Å². The molecule has 1 aromatic carbocycles. The number of benzene rings is 1. The average Bonchev–Trinajstić information content (AvgIpc) is 2.71. The van der Waals surface area contributed by atoms with Crippen LogP contribution in [-0.4, -0.2) is 10.3 Å². The third-order valence-corrected chi connectivity index (χ3v) is 3.28. The van der Waals surface area contributed by atoms with Crippen LogP contribution < -0.4 is 0 Å². The molecule has 1 aromatic heterocycles. The fourth-order valence-corrected chi connectivity index (χ4v) is 1.67. The average molecular weight is 282 g/mol.